The summed E-state index contributed by atoms with van der Waals surface area (Å²) in [6, 6.07) is 11.3. The first-order valence-corrected chi connectivity index (χ1v) is 8.20. The highest BCUT2D eigenvalue weighted by molar-refractivity contribution is 6.33. The number of carbonyl (C=O) groups is 1. The van der Waals surface area contributed by atoms with Gasteiger partial charge in [-0.05, 0) is 12.1 Å². The van der Waals surface area contributed by atoms with Crippen molar-refractivity contribution in [2.45, 2.75) is 6.10 Å². The number of nitrogens with zero attached hydrogens (tertiary/aromatic N) is 2. The molecule has 8 heteroatoms. The van der Waals surface area contributed by atoms with Gasteiger partial charge in [0.05, 0.1) is 21.6 Å². The molecule has 2 aromatic carbocycles. The van der Waals surface area contributed by atoms with E-state index in [0.29, 0.717) is 5.56 Å². The highest BCUT2D eigenvalue weighted by Crippen LogP contribution is 2.26. The monoisotopic (exact) mass is 373 g/mol. The summed E-state index contributed by atoms with van der Waals surface area (Å²) in [4.78, 5) is 22.6. The molecular formula is C18H16ClN3O4. The molecule has 0 spiro atoms. The van der Waals surface area contributed by atoms with E-state index in [0.717, 1.165) is 17.0 Å². The van der Waals surface area contributed by atoms with Crippen LogP contribution in [-0.4, -0.2) is 27.0 Å². The normalized spacial score (nSPS) is 12.1. The lowest BCUT2D eigenvalue weighted by Gasteiger charge is -2.12. The number of benzene rings is 2. The van der Waals surface area contributed by atoms with Gasteiger partial charge in [-0.1, -0.05) is 29.8 Å². The second-order valence-corrected chi connectivity index (χ2v) is 6.27. The van der Waals surface area contributed by atoms with Crippen molar-refractivity contribution >= 4 is 34.1 Å². The number of aromatic nitrogens is 1. The molecule has 2 N–H and O–H groups in total. The van der Waals surface area contributed by atoms with Crippen molar-refractivity contribution in [1.82, 2.24) is 9.88 Å². The van der Waals surface area contributed by atoms with Crippen molar-refractivity contribution < 1.29 is 14.8 Å². The predicted octanol–water partition coefficient (Wildman–Crippen LogP) is 3.20. The second kappa shape index (κ2) is 7.15. The van der Waals surface area contributed by atoms with Crippen LogP contribution >= 0.6 is 11.6 Å². The van der Waals surface area contributed by atoms with Crippen molar-refractivity contribution in [3.63, 3.8) is 0 Å². The molecule has 134 valence electrons. The molecule has 1 unspecified atom stereocenters. The fourth-order valence-electron chi connectivity index (χ4n) is 2.83. The maximum atomic E-state index is 12.3. The summed E-state index contributed by atoms with van der Waals surface area (Å²) in [5, 5.41) is 24.9. The summed E-state index contributed by atoms with van der Waals surface area (Å²) < 4.78 is 1.90. The minimum atomic E-state index is -0.928. The number of halogens is 1. The van der Waals surface area contributed by atoms with E-state index in [2.05, 4.69) is 5.32 Å². The number of nitro groups is 1. The lowest BCUT2D eigenvalue weighted by molar-refractivity contribution is -0.384. The van der Waals surface area contributed by atoms with Crippen molar-refractivity contribution in [2.24, 2.45) is 7.05 Å². The number of fused-ring (bicyclic) bond motifs is 1. The number of carbonyl (C=O) groups excluding carboxylic acids is 1. The molecule has 0 aliphatic rings. The molecule has 0 saturated carbocycles. The maximum absolute atomic E-state index is 12.3. The number of hydrogen-bond donors (Lipinski definition) is 2. The highest BCUT2D eigenvalue weighted by atomic mass is 35.5. The van der Waals surface area contributed by atoms with Gasteiger partial charge < -0.3 is 15.0 Å². The first-order valence-electron chi connectivity index (χ1n) is 7.82. The number of rotatable bonds is 5. The number of aliphatic hydroxyl groups excluding tert-OH is 1. The van der Waals surface area contributed by atoms with Gasteiger partial charge >= 0.3 is 0 Å². The zero-order valence-electron chi connectivity index (χ0n) is 13.8. The third-order valence-electron chi connectivity index (χ3n) is 4.15. The fourth-order valence-corrected chi connectivity index (χ4v) is 3.04. The molecule has 0 saturated heterocycles. The summed E-state index contributed by atoms with van der Waals surface area (Å²) in [7, 11) is 1.88. The predicted molar refractivity (Wildman–Crippen MR) is 98.3 cm³/mol. The Balaban J connectivity index is 1.77. The van der Waals surface area contributed by atoms with E-state index in [1.54, 1.807) is 0 Å². The van der Waals surface area contributed by atoms with Crippen molar-refractivity contribution in [1.29, 1.82) is 0 Å². The Labute approximate surface area is 154 Å². The van der Waals surface area contributed by atoms with Gasteiger partial charge in [-0.3, -0.25) is 14.9 Å². The van der Waals surface area contributed by atoms with E-state index in [9.17, 15) is 20.0 Å². The molecule has 0 radical (unpaired) electrons. The Morgan fingerprint density at radius 2 is 2.08 bits per heavy atom. The van der Waals surface area contributed by atoms with E-state index in [4.69, 9.17) is 11.6 Å². The molecule has 0 fully saturated rings. The zero-order chi connectivity index (χ0) is 18.8. The molecule has 1 atom stereocenters. The fraction of sp³-hybridized carbons (Fsp3) is 0.167. The van der Waals surface area contributed by atoms with Crippen LogP contribution in [-0.2, 0) is 7.05 Å². The lowest BCUT2D eigenvalue weighted by atomic mass is 10.1. The van der Waals surface area contributed by atoms with Crippen LogP contribution < -0.4 is 5.32 Å². The third-order valence-corrected chi connectivity index (χ3v) is 4.48. The molecule has 1 heterocycles. The Hall–Kier alpha value is -2.90. The number of nitrogens with one attached hydrogen (secondary N) is 1. The van der Waals surface area contributed by atoms with E-state index in [-0.39, 0.29) is 22.8 Å². The molecule has 0 bridgehead atoms. The minimum absolute atomic E-state index is 0.00835. The SMILES string of the molecule is Cn1cc(C(O)CNC(=O)c2cc([N+](=O)[O-])ccc2Cl)c2ccccc21. The molecule has 0 aliphatic heterocycles. The van der Waals surface area contributed by atoms with E-state index < -0.39 is 16.9 Å². The molecule has 0 aliphatic carbocycles. The molecule has 3 aromatic rings. The Bertz CT molecular complexity index is 999. The number of aryl methyl sites for hydroxylation is 1. The summed E-state index contributed by atoms with van der Waals surface area (Å²) in [6.45, 7) is -0.0497. The van der Waals surface area contributed by atoms with Crippen LogP contribution in [0.15, 0.2) is 48.7 Å². The summed E-state index contributed by atoms with van der Waals surface area (Å²) in [5.41, 5.74) is 1.42. The first kappa shape index (κ1) is 17.9. The lowest BCUT2D eigenvalue weighted by Crippen LogP contribution is -2.28. The van der Waals surface area contributed by atoms with E-state index in [1.165, 1.54) is 12.1 Å². The number of non-ortho nitro benzene ring substituents is 1. The van der Waals surface area contributed by atoms with Crippen molar-refractivity contribution in [3.05, 3.63) is 74.9 Å². The van der Waals surface area contributed by atoms with Crippen molar-refractivity contribution in [3.8, 4) is 0 Å². The third kappa shape index (κ3) is 3.40. The van der Waals surface area contributed by atoms with Gasteiger partial charge in [0.1, 0.15) is 0 Å². The molecule has 1 amide bonds. The largest absolute Gasteiger partial charge is 0.386 e. The summed E-state index contributed by atoms with van der Waals surface area (Å²) >= 11 is 5.96. The highest BCUT2D eigenvalue weighted by Gasteiger charge is 2.19. The minimum Gasteiger partial charge on any atom is -0.386 e. The number of para-hydroxylation sites is 1. The summed E-state index contributed by atoms with van der Waals surface area (Å²) in [5.74, 6) is -0.585. The van der Waals surface area contributed by atoms with Gasteiger partial charge in [0.25, 0.3) is 11.6 Å². The van der Waals surface area contributed by atoms with Crippen LogP contribution in [0, 0.1) is 10.1 Å². The van der Waals surface area contributed by atoms with Crippen LogP contribution in [0.3, 0.4) is 0 Å². The maximum Gasteiger partial charge on any atom is 0.270 e. The van der Waals surface area contributed by atoms with E-state index >= 15 is 0 Å². The average molecular weight is 374 g/mol. The number of hydrogen-bond acceptors (Lipinski definition) is 4. The van der Waals surface area contributed by atoms with Crippen LogP contribution in [0.4, 0.5) is 5.69 Å². The van der Waals surface area contributed by atoms with Gasteiger partial charge in [-0.15, -0.1) is 0 Å². The number of aliphatic hydroxyl groups is 1. The van der Waals surface area contributed by atoms with Crippen LogP contribution in [0.5, 0.6) is 0 Å². The molecule has 3 rings (SSSR count). The molecule has 7 nitrogen and oxygen atoms in total. The Morgan fingerprint density at radius 3 is 2.81 bits per heavy atom. The van der Waals surface area contributed by atoms with Gasteiger partial charge in [-0.2, -0.15) is 0 Å². The van der Waals surface area contributed by atoms with Gasteiger partial charge in [0.2, 0.25) is 0 Å². The van der Waals surface area contributed by atoms with E-state index in [1.807, 2.05) is 42.1 Å². The molecular weight excluding hydrogens is 358 g/mol. The second-order valence-electron chi connectivity index (χ2n) is 5.86. The smallest absolute Gasteiger partial charge is 0.270 e. The standard InChI is InChI=1S/C18H16ClN3O4/c1-21-10-14(12-4-2-3-5-16(12)21)17(23)9-20-18(24)13-8-11(22(25)26)6-7-15(13)19/h2-8,10,17,23H,9H2,1H3,(H,20,24). The zero-order valence-corrected chi connectivity index (χ0v) is 14.6. The van der Waals surface area contributed by atoms with Gasteiger partial charge in [-0.25, -0.2) is 0 Å². The first-order chi connectivity index (χ1) is 12.4. The van der Waals surface area contributed by atoms with Gasteiger partial charge in [0.15, 0.2) is 0 Å². The summed E-state index contributed by atoms with van der Waals surface area (Å²) in [6.07, 6.45) is 0.879. The number of nitro benzene ring substituents is 1. The van der Waals surface area contributed by atoms with Gasteiger partial charge in [0, 0.05) is 48.4 Å². The Kier molecular flexibility index (Phi) is 4.92. The average Bonchev–Trinajstić information content (AvgIpc) is 2.97. The topological polar surface area (TPSA) is 97.4 Å². The Morgan fingerprint density at radius 1 is 1.35 bits per heavy atom. The van der Waals surface area contributed by atoms with Crippen LogP contribution in [0.1, 0.15) is 22.0 Å². The van der Waals surface area contributed by atoms with Crippen molar-refractivity contribution in [2.75, 3.05) is 6.54 Å². The quantitative estimate of drug-likeness (QED) is 0.530. The molecule has 26 heavy (non-hydrogen) atoms. The molecule has 1 aromatic heterocycles. The van der Waals surface area contributed by atoms with Crippen LogP contribution in [0.25, 0.3) is 10.9 Å². The number of amides is 1. The van der Waals surface area contributed by atoms with Crippen LogP contribution in [0.2, 0.25) is 5.02 Å².